The number of hydrogen-bond acceptors (Lipinski definition) is 2. The average Bonchev–Trinajstić information content (AvgIpc) is 3.66. The van der Waals surface area contributed by atoms with Crippen molar-refractivity contribution in [1.29, 1.82) is 0 Å². The van der Waals surface area contributed by atoms with E-state index in [2.05, 4.69) is 138 Å². The van der Waals surface area contributed by atoms with Crippen molar-refractivity contribution in [2.45, 2.75) is 0 Å². The molecular weight excluding hydrogens is 536 g/mol. The SMILES string of the molecule is c1ccc(-c2nc3cc(-c4ccc(-c5c6ccccc6cc6c5oc5ccccc56)cc4)ccc3n2-c2ccccc2)cc1. The van der Waals surface area contributed by atoms with Gasteiger partial charge in [0.2, 0.25) is 0 Å². The number of hydrogen-bond donors (Lipinski definition) is 0. The molecule has 0 fully saturated rings. The van der Waals surface area contributed by atoms with Gasteiger partial charge in [-0.3, -0.25) is 4.57 Å². The Balaban J connectivity index is 1.18. The van der Waals surface area contributed by atoms with Gasteiger partial charge >= 0.3 is 0 Å². The highest BCUT2D eigenvalue weighted by Gasteiger charge is 2.18. The summed E-state index contributed by atoms with van der Waals surface area (Å²) in [5, 5.41) is 4.68. The van der Waals surface area contributed by atoms with Crippen LogP contribution in [-0.4, -0.2) is 9.55 Å². The molecule has 3 heteroatoms. The summed E-state index contributed by atoms with van der Waals surface area (Å²) in [5.41, 5.74) is 10.6. The Morgan fingerprint density at radius 2 is 1.14 bits per heavy atom. The predicted octanol–water partition coefficient (Wildman–Crippen LogP) is 11.1. The number of nitrogens with zero attached hydrogens (tertiary/aromatic N) is 2. The second-order valence-electron chi connectivity index (χ2n) is 11.2. The van der Waals surface area contributed by atoms with E-state index in [0.29, 0.717) is 0 Å². The molecule has 44 heavy (non-hydrogen) atoms. The quantitative estimate of drug-likeness (QED) is 0.214. The van der Waals surface area contributed by atoms with Crippen molar-refractivity contribution in [3.8, 4) is 39.3 Å². The summed E-state index contributed by atoms with van der Waals surface area (Å²) in [6.45, 7) is 0. The van der Waals surface area contributed by atoms with Crippen LogP contribution in [0.25, 0.3) is 83.1 Å². The van der Waals surface area contributed by atoms with Crippen molar-refractivity contribution in [3.05, 3.63) is 158 Å². The Hall–Kier alpha value is -5.93. The zero-order valence-electron chi connectivity index (χ0n) is 23.8. The monoisotopic (exact) mass is 562 g/mol. The number of benzene rings is 7. The molecule has 0 aliphatic rings. The van der Waals surface area contributed by atoms with Gasteiger partial charge in [0.1, 0.15) is 17.0 Å². The van der Waals surface area contributed by atoms with Crippen molar-refractivity contribution < 1.29 is 4.42 Å². The van der Waals surface area contributed by atoms with Crippen LogP contribution in [-0.2, 0) is 0 Å². The van der Waals surface area contributed by atoms with Crippen LogP contribution in [0.15, 0.2) is 162 Å². The van der Waals surface area contributed by atoms with E-state index < -0.39 is 0 Å². The Bertz CT molecular complexity index is 2470. The summed E-state index contributed by atoms with van der Waals surface area (Å²) < 4.78 is 8.73. The third-order valence-corrected chi connectivity index (χ3v) is 8.60. The van der Waals surface area contributed by atoms with E-state index in [4.69, 9.17) is 9.40 Å². The first-order chi connectivity index (χ1) is 21.8. The van der Waals surface area contributed by atoms with Crippen molar-refractivity contribution in [3.63, 3.8) is 0 Å². The fourth-order valence-electron chi connectivity index (χ4n) is 6.52. The Labute approximate surface area is 254 Å². The molecule has 3 nitrogen and oxygen atoms in total. The molecule has 0 unspecified atom stereocenters. The highest BCUT2D eigenvalue weighted by molar-refractivity contribution is 6.18. The molecule has 0 atom stereocenters. The lowest BCUT2D eigenvalue weighted by molar-refractivity contribution is 0.670. The van der Waals surface area contributed by atoms with Gasteiger partial charge in [-0.1, -0.05) is 121 Å². The third kappa shape index (κ3) is 3.87. The maximum absolute atomic E-state index is 6.49. The fourth-order valence-corrected chi connectivity index (χ4v) is 6.52. The molecule has 0 saturated heterocycles. The number of aromatic nitrogens is 2. The molecule has 2 aromatic heterocycles. The summed E-state index contributed by atoms with van der Waals surface area (Å²) in [7, 11) is 0. The van der Waals surface area contributed by atoms with Gasteiger partial charge in [-0.25, -0.2) is 4.98 Å². The van der Waals surface area contributed by atoms with Crippen molar-refractivity contribution in [1.82, 2.24) is 9.55 Å². The normalized spacial score (nSPS) is 11.6. The molecule has 2 heterocycles. The van der Waals surface area contributed by atoms with Crippen LogP contribution in [0.2, 0.25) is 0 Å². The summed E-state index contributed by atoms with van der Waals surface area (Å²) in [6, 6.07) is 55.4. The maximum atomic E-state index is 6.49. The van der Waals surface area contributed by atoms with Crippen molar-refractivity contribution >= 4 is 43.7 Å². The van der Waals surface area contributed by atoms with Crippen LogP contribution in [0.4, 0.5) is 0 Å². The standard InChI is InChI=1S/C41H26N2O/c1-3-11-29(12-4-1)41-42-36-26-30(23-24-37(36)43(41)32-14-5-2-6-15-32)27-19-21-28(22-20-27)39-33-16-8-7-13-31(33)25-35-34-17-9-10-18-38(34)44-40(35)39/h1-26H. The van der Waals surface area contributed by atoms with Crippen LogP contribution in [0.3, 0.4) is 0 Å². The first-order valence-electron chi connectivity index (χ1n) is 14.9. The Kier molecular flexibility index (Phi) is 5.50. The average molecular weight is 563 g/mol. The predicted molar refractivity (Wildman–Crippen MR) is 182 cm³/mol. The van der Waals surface area contributed by atoms with E-state index in [0.717, 1.165) is 72.3 Å². The van der Waals surface area contributed by atoms with Crippen LogP contribution in [0.5, 0.6) is 0 Å². The van der Waals surface area contributed by atoms with E-state index >= 15 is 0 Å². The molecule has 0 bridgehead atoms. The molecule has 9 rings (SSSR count). The Morgan fingerprint density at radius 3 is 1.95 bits per heavy atom. The molecule has 0 N–H and O–H groups in total. The number of rotatable bonds is 4. The van der Waals surface area contributed by atoms with E-state index in [1.54, 1.807) is 0 Å². The third-order valence-electron chi connectivity index (χ3n) is 8.60. The summed E-state index contributed by atoms with van der Waals surface area (Å²) in [6.07, 6.45) is 0. The molecule has 7 aromatic carbocycles. The second kappa shape index (κ2) is 9.82. The van der Waals surface area contributed by atoms with Gasteiger partial charge in [0.25, 0.3) is 0 Å². The fraction of sp³-hybridized carbons (Fsp3) is 0. The van der Waals surface area contributed by atoms with Gasteiger partial charge in [0.05, 0.1) is 11.0 Å². The minimum atomic E-state index is 0.911. The van der Waals surface area contributed by atoms with E-state index in [1.807, 2.05) is 24.3 Å². The van der Waals surface area contributed by atoms with Gasteiger partial charge in [-0.15, -0.1) is 0 Å². The van der Waals surface area contributed by atoms with Gasteiger partial charge in [-0.05, 0) is 63.9 Å². The van der Waals surface area contributed by atoms with Crippen molar-refractivity contribution in [2.24, 2.45) is 0 Å². The molecule has 9 aromatic rings. The zero-order valence-corrected chi connectivity index (χ0v) is 23.8. The maximum Gasteiger partial charge on any atom is 0.145 e. The zero-order chi connectivity index (χ0) is 29.0. The van der Waals surface area contributed by atoms with Crippen molar-refractivity contribution in [2.75, 3.05) is 0 Å². The van der Waals surface area contributed by atoms with Crippen LogP contribution >= 0.6 is 0 Å². The molecule has 0 saturated carbocycles. The lowest BCUT2D eigenvalue weighted by Gasteiger charge is -2.11. The van der Waals surface area contributed by atoms with Gasteiger partial charge in [0, 0.05) is 27.6 Å². The number of furan rings is 1. The molecular formula is C41H26N2O. The smallest absolute Gasteiger partial charge is 0.145 e. The van der Waals surface area contributed by atoms with Gasteiger partial charge in [-0.2, -0.15) is 0 Å². The lowest BCUT2D eigenvalue weighted by atomic mass is 9.94. The van der Waals surface area contributed by atoms with E-state index in [9.17, 15) is 0 Å². The van der Waals surface area contributed by atoms with E-state index in [-0.39, 0.29) is 0 Å². The second-order valence-corrected chi connectivity index (χ2v) is 11.2. The largest absolute Gasteiger partial charge is 0.455 e. The summed E-state index contributed by atoms with van der Waals surface area (Å²) >= 11 is 0. The molecule has 0 amide bonds. The van der Waals surface area contributed by atoms with Crippen LogP contribution in [0.1, 0.15) is 0 Å². The number of imidazole rings is 1. The number of fused-ring (bicyclic) bond motifs is 5. The lowest BCUT2D eigenvalue weighted by Crippen LogP contribution is -1.97. The Morgan fingerprint density at radius 1 is 0.477 bits per heavy atom. The van der Waals surface area contributed by atoms with Crippen LogP contribution < -0.4 is 0 Å². The molecule has 206 valence electrons. The van der Waals surface area contributed by atoms with Crippen LogP contribution in [0, 0.1) is 0 Å². The summed E-state index contributed by atoms with van der Waals surface area (Å²) in [5.74, 6) is 0.935. The molecule has 0 spiro atoms. The summed E-state index contributed by atoms with van der Waals surface area (Å²) in [4.78, 5) is 5.15. The topological polar surface area (TPSA) is 31.0 Å². The minimum Gasteiger partial charge on any atom is -0.455 e. The highest BCUT2D eigenvalue weighted by atomic mass is 16.3. The molecule has 0 aliphatic carbocycles. The van der Waals surface area contributed by atoms with Gasteiger partial charge < -0.3 is 4.42 Å². The van der Waals surface area contributed by atoms with E-state index in [1.165, 1.54) is 10.8 Å². The van der Waals surface area contributed by atoms with Gasteiger partial charge in [0.15, 0.2) is 0 Å². The minimum absolute atomic E-state index is 0.911. The highest BCUT2D eigenvalue weighted by Crippen LogP contribution is 2.41. The first-order valence-corrected chi connectivity index (χ1v) is 14.9. The molecule has 0 radical (unpaired) electrons. The number of para-hydroxylation sites is 2. The molecule has 0 aliphatic heterocycles. The first kappa shape index (κ1) is 24.6.